The predicted octanol–water partition coefficient (Wildman–Crippen LogP) is 1.99. The summed E-state index contributed by atoms with van der Waals surface area (Å²) in [4.78, 5) is 7.51. The van der Waals surface area contributed by atoms with Crippen LogP contribution in [0.4, 0.5) is 13.2 Å². The van der Waals surface area contributed by atoms with Crippen LogP contribution in [0.3, 0.4) is 0 Å². The standard InChI is InChI=1S/C5H3Cl2F3O2/c6-3(2(11)12)1-4(8,9)5(3,7)10/h1H2,(H,11,12). The summed E-state index contributed by atoms with van der Waals surface area (Å²) in [5.74, 6) is -5.76. The third-order valence-electron chi connectivity index (χ3n) is 1.76. The Morgan fingerprint density at radius 2 is 1.75 bits per heavy atom. The lowest BCUT2D eigenvalue weighted by Gasteiger charge is -2.48. The molecule has 0 aliphatic heterocycles. The van der Waals surface area contributed by atoms with Gasteiger partial charge in [0.05, 0.1) is 6.42 Å². The van der Waals surface area contributed by atoms with Crippen LogP contribution >= 0.6 is 23.2 Å². The molecule has 0 aromatic carbocycles. The van der Waals surface area contributed by atoms with Crippen molar-refractivity contribution < 1.29 is 23.1 Å². The zero-order chi connectivity index (χ0) is 9.78. The molecule has 2 nitrogen and oxygen atoms in total. The van der Waals surface area contributed by atoms with Crippen molar-refractivity contribution in [2.24, 2.45) is 0 Å². The smallest absolute Gasteiger partial charge is 0.329 e. The highest BCUT2D eigenvalue weighted by molar-refractivity contribution is 6.43. The second-order valence-corrected chi connectivity index (χ2v) is 3.73. The van der Waals surface area contributed by atoms with Crippen LogP contribution in [-0.4, -0.2) is 27.0 Å². The summed E-state index contributed by atoms with van der Waals surface area (Å²) in [5.41, 5.74) is 0. The first kappa shape index (κ1) is 9.92. The van der Waals surface area contributed by atoms with Gasteiger partial charge in [0.15, 0.2) is 0 Å². The van der Waals surface area contributed by atoms with E-state index in [1.54, 1.807) is 0 Å². The van der Waals surface area contributed by atoms with E-state index in [2.05, 4.69) is 11.6 Å². The van der Waals surface area contributed by atoms with E-state index in [-0.39, 0.29) is 0 Å². The molecule has 1 N–H and O–H groups in total. The number of carboxylic acids is 1. The molecule has 1 fully saturated rings. The van der Waals surface area contributed by atoms with Crippen molar-refractivity contribution >= 4 is 29.2 Å². The zero-order valence-corrected chi connectivity index (χ0v) is 6.96. The van der Waals surface area contributed by atoms with Gasteiger partial charge < -0.3 is 5.11 Å². The van der Waals surface area contributed by atoms with Crippen LogP contribution in [0.15, 0.2) is 0 Å². The molecule has 0 bridgehead atoms. The Hall–Kier alpha value is -0.160. The first-order valence-electron chi connectivity index (χ1n) is 2.83. The molecule has 0 heterocycles. The summed E-state index contributed by atoms with van der Waals surface area (Å²) >= 11 is 9.70. The monoisotopic (exact) mass is 222 g/mol. The predicted molar refractivity (Wildman–Crippen MR) is 35.5 cm³/mol. The summed E-state index contributed by atoms with van der Waals surface area (Å²) in [7, 11) is 0. The number of carboxylic acid groups (broad SMARTS) is 1. The van der Waals surface area contributed by atoms with Crippen LogP contribution in [0.5, 0.6) is 0 Å². The maximum absolute atomic E-state index is 12.8. The average molecular weight is 223 g/mol. The highest BCUT2D eigenvalue weighted by atomic mass is 35.5. The normalized spacial score (nSPS) is 45.1. The van der Waals surface area contributed by atoms with Crippen LogP contribution in [0.1, 0.15) is 6.42 Å². The van der Waals surface area contributed by atoms with Gasteiger partial charge >= 0.3 is 5.97 Å². The van der Waals surface area contributed by atoms with Crippen molar-refractivity contribution in [3.05, 3.63) is 0 Å². The Kier molecular flexibility index (Phi) is 1.82. The van der Waals surface area contributed by atoms with Crippen molar-refractivity contribution in [1.82, 2.24) is 0 Å². The Bertz CT molecular complexity index is 243. The summed E-state index contributed by atoms with van der Waals surface area (Å²) in [5, 5.41) is 4.57. The molecule has 7 heteroatoms. The molecule has 70 valence electrons. The lowest BCUT2D eigenvalue weighted by Crippen LogP contribution is -2.71. The van der Waals surface area contributed by atoms with E-state index in [1.165, 1.54) is 0 Å². The van der Waals surface area contributed by atoms with E-state index in [0.29, 0.717) is 0 Å². The number of hydrogen-bond acceptors (Lipinski definition) is 1. The molecule has 2 atom stereocenters. The third-order valence-corrected chi connectivity index (χ3v) is 3.01. The van der Waals surface area contributed by atoms with Gasteiger partial charge in [-0.1, -0.05) is 11.6 Å². The van der Waals surface area contributed by atoms with E-state index < -0.39 is 28.3 Å². The van der Waals surface area contributed by atoms with Crippen molar-refractivity contribution in [2.75, 3.05) is 0 Å². The van der Waals surface area contributed by atoms with Gasteiger partial charge in [-0.15, -0.1) is 11.6 Å². The Morgan fingerprint density at radius 3 is 1.83 bits per heavy atom. The van der Waals surface area contributed by atoms with Crippen molar-refractivity contribution in [2.45, 2.75) is 22.3 Å². The molecule has 0 aromatic rings. The number of hydrogen-bond donors (Lipinski definition) is 1. The molecule has 0 aromatic heterocycles. The summed E-state index contributed by atoms with van der Waals surface area (Å²) in [6.45, 7) is 0. The SMILES string of the molecule is O=C(O)C1(Cl)CC(F)(F)C1(F)Cl. The van der Waals surface area contributed by atoms with Gasteiger partial charge in [0.1, 0.15) is 0 Å². The minimum atomic E-state index is -3.88. The van der Waals surface area contributed by atoms with Crippen LogP contribution in [0, 0.1) is 0 Å². The molecular formula is C5H3Cl2F3O2. The van der Waals surface area contributed by atoms with E-state index in [4.69, 9.17) is 16.7 Å². The maximum Gasteiger partial charge on any atom is 0.329 e. The van der Waals surface area contributed by atoms with E-state index in [1.807, 2.05) is 0 Å². The summed E-state index contributed by atoms with van der Waals surface area (Å²) < 4.78 is 37.4. The van der Waals surface area contributed by atoms with E-state index in [9.17, 15) is 18.0 Å². The van der Waals surface area contributed by atoms with Gasteiger partial charge in [0, 0.05) is 0 Å². The average Bonchev–Trinajstić information content (AvgIpc) is 1.85. The molecule has 1 aliphatic rings. The molecule has 1 rings (SSSR count). The lowest BCUT2D eigenvalue weighted by atomic mass is 9.77. The lowest BCUT2D eigenvalue weighted by molar-refractivity contribution is -0.206. The van der Waals surface area contributed by atoms with Gasteiger partial charge in [-0.05, 0) is 0 Å². The zero-order valence-electron chi connectivity index (χ0n) is 5.45. The van der Waals surface area contributed by atoms with Crippen LogP contribution in [0.2, 0.25) is 0 Å². The number of halogens is 5. The fourth-order valence-corrected chi connectivity index (χ4v) is 1.44. The molecule has 0 saturated heterocycles. The highest BCUT2D eigenvalue weighted by Gasteiger charge is 2.81. The molecule has 1 saturated carbocycles. The molecule has 2 unspecified atom stereocenters. The highest BCUT2D eigenvalue weighted by Crippen LogP contribution is 2.62. The summed E-state index contributed by atoms with van der Waals surface area (Å²) in [6.07, 6.45) is -1.29. The van der Waals surface area contributed by atoms with Crippen LogP contribution in [0.25, 0.3) is 0 Å². The van der Waals surface area contributed by atoms with E-state index in [0.717, 1.165) is 0 Å². The minimum absolute atomic E-state index is 1.29. The fraction of sp³-hybridized carbons (Fsp3) is 0.800. The first-order chi connectivity index (χ1) is 5.15. The molecule has 0 spiro atoms. The van der Waals surface area contributed by atoms with Crippen LogP contribution < -0.4 is 0 Å². The number of carbonyl (C=O) groups is 1. The second-order valence-electron chi connectivity index (χ2n) is 2.56. The molecule has 12 heavy (non-hydrogen) atoms. The van der Waals surface area contributed by atoms with Crippen molar-refractivity contribution in [3.63, 3.8) is 0 Å². The Balaban J connectivity index is 2.99. The van der Waals surface area contributed by atoms with Crippen molar-refractivity contribution in [1.29, 1.82) is 0 Å². The largest absolute Gasteiger partial charge is 0.480 e. The van der Waals surface area contributed by atoms with Gasteiger partial charge in [-0.2, -0.15) is 0 Å². The Morgan fingerprint density at radius 1 is 1.33 bits per heavy atom. The van der Waals surface area contributed by atoms with Gasteiger partial charge in [0.2, 0.25) is 4.87 Å². The molecular weight excluding hydrogens is 220 g/mol. The minimum Gasteiger partial charge on any atom is -0.480 e. The fourth-order valence-electron chi connectivity index (χ4n) is 0.921. The Labute approximate surface area is 75.3 Å². The van der Waals surface area contributed by atoms with Crippen molar-refractivity contribution in [3.8, 4) is 0 Å². The molecule has 0 radical (unpaired) electrons. The van der Waals surface area contributed by atoms with Gasteiger partial charge in [-0.25, -0.2) is 13.2 Å². The number of aliphatic carboxylic acids is 1. The quantitative estimate of drug-likeness (QED) is 0.690. The van der Waals surface area contributed by atoms with Crippen LogP contribution in [-0.2, 0) is 4.79 Å². The summed E-state index contributed by atoms with van der Waals surface area (Å²) in [6, 6.07) is 0. The van der Waals surface area contributed by atoms with E-state index >= 15 is 0 Å². The molecule has 1 aliphatic carbocycles. The second kappa shape index (κ2) is 2.20. The third kappa shape index (κ3) is 0.864. The van der Waals surface area contributed by atoms with Gasteiger partial charge in [-0.3, -0.25) is 4.79 Å². The maximum atomic E-state index is 12.8. The first-order valence-corrected chi connectivity index (χ1v) is 3.59. The topological polar surface area (TPSA) is 37.3 Å². The number of alkyl halides is 5. The van der Waals surface area contributed by atoms with Gasteiger partial charge in [0.25, 0.3) is 11.1 Å². The number of rotatable bonds is 1. The molecule has 0 amide bonds.